The molecule has 0 spiro atoms. The molecule has 2 heterocycles. The van der Waals surface area contributed by atoms with Crippen LogP contribution in [0.5, 0.6) is 0 Å². The standard InChI is InChI=1S/C25H22F2N4O2/c26-16-5-10-19(20(27)14-16)22-13-15(11-12-28-22)24(33)30-25-29-21-3-1-2-4-23(21)31(25)17-6-8-18(32)9-7-17/h1-5,10-14,17-18,32H,6-9H2,(H,29,30,33)/t17-,18+. The summed E-state index contributed by atoms with van der Waals surface area (Å²) in [5.74, 6) is -1.94. The van der Waals surface area contributed by atoms with Gasteiger partial charge in [-0.2, -0.15) is 4.99 Å². The Morgan fingerprint density at radius 3 is 2.64 bits per heavy atom. The summed E-state index contributed by atoms with van der Waals surface area (Å²) in [7, 11) is 0. The lowest BCUT2D eigenvalue weighted by Crippen LogP contribution is -2.29. The zero-order chi connectivity index (χ0) is 22.9. The van der Waals surface area contributed by atoms with E-state index in [9.17, 15) is 18.7 Å². The Hall–Kier alpha value is -3.65. The fraction of sp³-hybridized carbons (Fsp3) is 0.240. The Bertz CT molecular complexity index is 1400. The number of hydrogen-bond acceptors (Lipinski definition) is 3. The molecule has 0 bridgehead atoms. The Balaban J connectivity index is 1.55. The first-order chi connectivity index (χ1) is 16.0. The molecule has 5 rings (SSSR count). The highest BCUT2D eigenvalue weighted by Gasteiger charge is 2.23. The number of rotatable bonds is 3. The Kier molecular flexibility index (Phi) is 5.60. The largest absolute Gasteiger partial charge is 0.393 e. The van der Waals surface area contributed by atoms with Gasteiger partial charge in [0, 0.05) is 29.4 Å². The molecular weight excluding hydrogens is 426 g/mol. The molecule has 2 N–H and O–H groups in total. The number of carbonyl (C=O) groups excluding carboxylic acids is 1. The van der Waals surface area contributed by atoms with Gasteiger partial charge in [-0.15, -0.1) is 0 Å². The van der Waals surface area contributed by atoms with E-state index in [1.807, 2.05) is 28.8 Å². The summed E-state index contributed by atoms with van der Waals surface area (Å²) in [5, 5.41) is 9.91. The van der Waals surface area contributed by atoms with Gasteiger partial charge >= 0.3 is 0 Å². The number of hydrogen-bond donors (Lipinski definition) is 2. The lowest BCUT2D eigenvalue weighted by Gasteiger charge is -2.27. The number of imidazole rings is 1. The van der Waals surface area contributed by atoms with E-state index in [-0.39, 0.29) is 29.0 Å². The fourth-order valence-electron chi connectivity index (χ4n) is 4.42. The molecule has 168 valence electrons. The van der Waals surface area contributed by atoms with Crippen molar-refractivity contribution in [2.75, 3.05) is 0 Å². The Morgan fingerprint density at radius 1 is 1.06 bits per heavy atom. The molecule has 1 aliphatic rings. The maximum atomic E-state index is 14.2. The molecule has 0 unspecified atom stereocenters. The van der Waals surface area contributed by atoms with Gasteiger partial charge in [0.25, 0.3) is 5.91 Å². The van der Waals surface area contributed by atoms with Crippen molar-refractivity contribution in [3.8, 4) is 11.3 Å². The van der Waals surface area contributed by atoms with Crippen LogP contribution < -0.4 is 5.62 Å². The number of aliphatic hydroxyl groups excluding tert-OH is 1. The van der Waals surface area contributed by atoms with Crippen molar-refractivity contribution in [1.29, 1.82) is 0 Å². The number of aliphatic hydroxyl groups is 1. The lowest BCUT2D eigenvalue weighted by atomic mass is 9.93. The number of aromatic amines is 1. The van der Waals surface area contributed by atoms with E-state index in [2.05, 4.69) is 15.0 Å². The van der Waals surface area contributed by atoms with E-state index in [0.717, 1.165) is 36.0 Å². The van der Waals surface area contributed by atoms with Crippen molar-refractivity contribution in [2.45, 2.75) is 37.8 Å². The summed E-state index contributed by atoms with van der Waals surface area (Å²) < 4.78 is 29.5. The quantitative estimate of drug-likeness (QED) is 0.483. The molecular formula is C25H22F2N4O2. The fourth-order valence-corrected chi connectivity index (χ4v) is 4.42. The van der Waals surface area contributed by atoms with Crippen LogP contribution in [0.1, 0.15) is 42.1 Å². The third kappa shape index (κ3) is 4.21. The van der Waals surface area contributed by atoms with Crippen LogP contribution in [-0.2, 0) is 0 Å². The lowest BCUT2D eigenvalue weighted by molar-refractivity contribution is 0.0990. The van der Waals surface area contributed by atoms with Crippen LogP contribution in [-0.4, -0.2) is 31.7 Å². The number of aromatic nitrogens is 3. The summed E-state index contributed by atoms with van der Waals surface area (Å²) in [5.41, 5.74) is 2.79. The minimum absolute atomic E-state index is 0.104. The van der Waals surface area contributed by atoms with Crippen LogP contribution in [0, 0.1) is 11.6 Å². The van der Waals surface area contributed by atoms with Crippen LogP contribution in [0.25, 0.3) is 22.3 Å². The highest BCUT2D eigenvalue weighted by molar-refractivity contribution is 5.95. The third-order valence-corrected chi connectivity index (χ3v) is 6.09. The zero-order valence-corrected chi connectivity index (χ0v) is 17.7. The van der Waals surface area contributed by atoms with E-state index < -0.39 is 17.5 Å². The summed E-state index contributed by atoms with van der Waals surface area (Å²) in [4.78, 5) is 24.8. The minimum Gasteiger partial charge on any atom is -0.393 e. The monoisotopic (exact) mass is 448 g/mol. The predicted molar refractivity (Wildman–Crippen MR) is 119 cm³/mol. The number of carbonyl (C=O) groups is 1. The van der Waals surface area contributed by atoms with Crippen LogP contribution >= 0.6 is 0 Å². The summed E-state index contributed by atoms with van der Waals surface area (Å²) in [6.45, 7) is 0. The third-order valence-electron chi connectivity index (χ3n) is 6.09. The number of amides is 1. The summed E-state index contributed by atoms with van der Waals surface area (Å²) in [6, 6.07) is 14.0. The summed E-state index contributed by atoms with van der Waals surface area (Å²) >= 11 is 0. The molecule has 33 heavy (non-hydrogen) atoms. The number of pyridine rings is 1. The van der Waals surface area contributed by atoms with Crippen molar-refractivity contribution >= 4 is 16.9 Å². The Morgan fingerprint density at radius 2 is 1.85 bits per heavy atom. The van der Waals surface area contributed by atoms with Gasteiger partial charge in [-0.05, 0) is 62.1 Å². The smallest absolute Gasteiger partial charge is 0.280 e. The van der Waals surface area contributed by atoms with E-state index in [4.69, 9.17) is 0 Å². The molecule has 0 aliphatic heterocycles. The molecule has 1 saturated carbocycles. The number of nitrogens with zero attached hydrogens (tertiary/aromatic N) is 3. The van der Waals surface area contributed by atoms with Gasteiger partial charge in [0.05, 0.1) is 22.8 Å². The van der Waals surface area contributed by atoms with Crippen molar-refractivity contribution < 1.29 is 18.7 Å². The molecule has 0 radical (unpaired) electrons. The molecule has 0 atom stereocenters. The molecule has 4 aromatic rings. The van der Waals surface area contributed by atoms with Crippen LogP contribution in [0.3, 0.4) is 0 Å². The molecule has 1 fully saturated rings. The maximum absolute atomic E-state index is 14.2. The van der Waals surface area contributed by atoms with E-state index in [1.54, 1.807) is 0 Å². The number of H-pyrrole nitrogens is 1. The number of para-hydroxylation sites is 2. The first-order valence-corrected chi connectivity index (χ1v) is 10.9. The normalized spacial score (nSPS) is 19.2. The second kappa shape index (κ2) is 8.71. The molecule has 2 aromatic carbocycles. The number of fused-ring (bicyclic) bond motifs is 1. The average molecular weight is 448 g/mol. The van der Waals surface area contributed by atoms with Crippen LogP contribution in [0.4, 0.5) is 8.78 Å². The summed E-state index contributed by atoms with van der Waals surface area (Å²) in [6.07, 6.45) is 4.07. The SMILES string of the molecule is O=C(/N=c1\[nH]c2ccccc2n1[C@H]1CC[C@@H](O)CC1)c1ccnc(-c2ccc(F)cc2F)c1. The van der Waals surface area contributed by atoms with Gasteiger partial charge in [0.1, 0.15) is 11.6 Å². The maximum Gasteiger partial charge on any atom is 0.280 e. The first-order valence-electron chi connectivity index (χ1n) is 10.9. The van der Waals surface area contributed by atoms with E-state index in [1.165, 1.54) is 24.4 Å². The molecule has 6 nitrogen and oxygen atoms in total. The van der Waals surface area contributed by atoms with E-state index >= 15 is 0 Å². The molecule has 1 amide bonds. The number of halogens is 2. The molecule has 1 aliphatic carbocycles. The highest BCUT2D eigenvalue weighted by Crippen LogP contribution is 2.30. The topological polar surface area (TPSA) is 83.3 Å². The molecule has 2 aromatic heterocycles. The van der Waals surface area contributed by atoms with Crippen molar-refractivity contribution in [1.82, 2.24) is 14.5 Å². The van der Waals surface area contributed by atoms with Crippen molar-refractivity contribution in [2.24, 2.45) is 4.99 Å². The Labute approximate surface area is 188 Å². The van der Waals surface area contributed by atoms with Crippen LogP contribution in [0.15, 0.2) is 65.8 Å². The van der Waals surface area contributed by atoms with Crippen molar-refractivity contribution in [3.05, 3.63) is 83.6 Å². The highest BCUT2D eigenvalue weighted by atomic mass is 19.1. The van der Waals surface area contributed by atoms with Crippen LogP contribution in [0.2, 0.25) is 0 Å². The minimum atomic E-state index is -0.753. The van der Waals surface area contributed by atoms with Crippen molar-refractivity contribution in [3.63, 3.8) is 0 Å². The second-order valence-electron chi connectivity index (χ2n) is 8.27. The van der Waals surface area contributed by atoms with Gasteiger partial charge in [-0.3, -0.25) is 9.78 Å². The van der Waals surface area contributed by atoms with Gasteiger partial charge < -0.3 is 14.7 Å². The zero-order valence-electron chi connectivity index (χ0n) is 17.7. The average Bonchev–Trinajstić information content (AvgIpc) is 3.17. The van der Waals surface area contributed by atoms with Gasteiger partial charge in [0.15, 0.2) is 0 Å². The molecule has 8 heteroatoms. The van der Waals surface area contributed by atoms with E-state index in [0.29, 0.717) is 18.5 Å². The van der Waals surface area contributed by atoms with Gasteiger partial charge in [0.2, 0.25) is 5.62 Å². The van der Waals surface area contributed by atoms with Gasteiger partial charge in [-0.1, -0.05) is 12.1 Å². The molecule has 0 saturated heterocycles. The van der Waals surface area contributed by atoms with Gasteiger partial charge in [-0.25, -0.2) is 8.78 Å². The number of nitrogens with one attached hydrogen (secondary N) is 1. The second-order valence-corrected chi connectivity index (χ2v) is 8.27. The predicted octanol–water partition coefficient (Wildman–Crippen LogP) is 4.53. The first kappa shape index (κ1) is 21.2. The number of benzene rings is 2.